The first-order valence-corrected chi connectivity index (χ1v) is 0.724. The smallest absolute Gasteiger partial charge is 0.0587 e. The van der Waals surface area contributed by atoms with Gasteiger partial charge in [-0.25, -0.2) is 0 Å². The first kappa shape index (κ1) is 8.95. The molecule has 0 atom stereocenters. The van der Waals surface area contributed by atoms with Gasteiger partial charge in [-0.1, -0.05) is 0 Å². The van der Waals surface area contributed by atoms with Crippen LogP contribution in [-0.2, 0) is 18.6 Å². The van der Waals surface area contributed by atoms with E-state index in [2.05, 4.69) is 0 Å². The monoisotopic (exact) mass is 92.0 g/mol. The van der Waals surface area contributed by atoms with Crippen molar-refractivity contribution in [2.24, 2.45) is 0 Å². The molecule has 0 aliphatic heterocycles. The minimum atomic E-state index is 0. The van der Waals surface area contributed by atoms with Gasteiger partial charge in [0.2, 0.25) is 0 Å². The summed E-state index contributed by atoms with van der Waals surface area (Å²) in [5, 5.41) is 7.32. The molecule has 0 aromatic carbocycles. The molecule has 0 fully saturated rings. The zero-order valence-corrected chi connectivity index (χ0v) is 3.79. The number of hydrogen-bond donors (Lipinski definition) is 0. The zero-order chi connectivity index (χ0) is 2.71. The van der Waals surface area contributed by atoms with E-state index in [-0.39, 0.29) is 18.6 Å². The van der Waals surface area contributed by atoms with Crippen LogP contribution in [0.5, 0.6) is 0 Å². The molecule has 0 heterocycles. The Balaban J connectivity index is 0. The topological polar surface area (TPSA) is 23.8 Å². The molecule has 0 aromatic rings. The molecule has 21 valence electrons. The van der Waals surface area contributed by atoms with E-state index < -0.39 is 0 Å². The van der Waals surface area contributed by atoms with E-state index in [0.717, 1.165) is 0 Å². The zero-order valence-electron chi connectivity index (χ0n) is 2.39. The molecule has 0 bridgehead atoms. The average Bonchev–Trinajstić information content (AvgIpc) is 0.918. The normalized spacial score (nSPS) is 2.00. The Morgan fingerprint density at radius 2 is 1.75 bits per heavy atom. The summed E-state index contributed by atoms with van der Waals surface area (Å²) in [6.07, 6.45) is 0. The van der Waals surface area contributed by atoms with Crippen molar-refractivity contribution in [2.75, 3.05) is 0 Å². The Labute approximate surface area is 37.5 Å². The van der Waals surface area contributed by atoms with Crippen LogP contribution in [0.1, 0.15) is 6.92 Å². The fraction of sp³-hybridized carbons (Fsp3) is 0.500. The third-order valence-electron chi connectivity index (χ3n) is 0. The summed E-state index contributed by atoms with van der Waals surface area (Å²) in [4.78, 5) is 0. The Morgan fingerprint density at radius 3 is 1.75 bits per heavy atom. The van der Waals surface area contributed by atoms with E-state index >= 15 is 0 Å². The number of rotatable bonds is 0. The summed E-state index contributed by atoms with van der Waals surface area (Å²) >= 11 is 0. The predicted octanol–water partition coefficient (Wildman–Crippen LogP) is 0.527. The van der Waals surface area contributed by atoms with Gasteiger partial charge in [0.15, 0.2) is 0 Å². The Bertz CT molecular complexity index is 27.5. The second-order valence-electron chi connectivity index (χ2n) is 0.224. The van der Waals surface area contributed by atoms with Crippen LogP contribution >= 0.6 is 0 Å². The number of hydrogen-bond acceptors (Lipinski definition) is 1. The molecule has 4 heavy (non-hydrogen) atoms. The summed E-state index contributed by atoms with van der Waals surface area (Å²) in [7, 11) is 0. The van der Waals surface area contributed by atoms with Gasteiger partial charge >= 0.3 is 0 Å². The van der Waals surface area contributed by atoms with Crippen LogP contribution in [0, 0.1) is 11.3 Å². The first-order chi connectivity index (χ1) is 1.41. The van der Waals surface area contributed by atoms with Crippen molar-refractivity contribution in [2.45, 2.75) is 6.92 Å². The van der Waals surface area contributed by atoms with Crippen LogP contribution in [0.15, 0.2) is 0 Å². The van der Waals surface area contributed by atoms with Gasteiger partial charge in [-0.15, -0.1) is 0 Å². The third kappa shape index (κ3) is 432. The van der Waals surface area contributed by atoms with Crippen molar-refractivity contribution >= 4 is 0 Å². The average molecular weight is 92.0 g/mol. The van der Waals surface area contributed by atoms with Gasteiger partial charge in [-0.05, 0) is 0 Å². The molecule has 0 aliphatic carbocycles. The van der Waals surface area contributed by atoms with Gasteiger partial charge in [0.25, 0.3) is 0 Å². The van der Waals surface area contributed by atoms with E-state index in [4.69, 9.17) is 5.26 Å². The molecule has 0 spiro atoms. The molecule has 0 saturated carbocycles. The van der Waals surface area contributed by atoms with Crippen LogP contribution in [0.4, 0.5) is 0 Å². The molecule has 0 N–H and O–H groups in total. The minimum absolute atomic E-state index is 0. The van der Waals surface area contributed by atoms with Crippen molar-refractivity contribution in [3.63, 3.8) is 0 Å². The molecule has 0 rings (SSSR count). The number of nitrogens with zero attached hydrogens (tertiary/aromatic N) is 1. The van der Waals surface area contributed by atoms with E-state index in [0.29, 0.717) is 0 Å². The first-order valence-electron chi connectivity index (χ1n) is 0.724. The second kappa shape index (κ2) is 11.5. The summed E-state index contributed by atoms with van der Waals surface area (Å²) < 4.78 is 0. The van der Waals surface area contributed by atoms with Gasteiger partial charge in [-0.2, -0.15) is 5.26 Å². The maximum Gasteiger partial charge on any atom is 0.0587 e. The van der Waals surface area contributed by atoms with Crippen LogP contribution in [0.25, 0.3) is 0 Å². The predicted molar refractivity (Wildman–Crippen MR) is 11.3 cm³/mol. The van der Waals surface area contributed by atoms with Crippen molar-refractivity contribution in [3.8, 4) is 6.07 Å². The van der Waals surface area contributed by atoms with Crippen LogP contribution < -0.4 is 0 Å². The fourth-order valence-electron chi connectivity index (χ4n) is 0. The Morgan fingerprint density at radius 1 is 1.75 bits per heavy atom. The van der Waals surface area contributed by atoms with Crippen LogP contribution in [0.2, 0.25) is 0 Å². The molecule has 0 unspecified atom stereocenters. The van der Waals surface area contributed by atoms with Gasteiger partial charge in [-0.3, -0.25) is 0 Å². The second-order valence-corrected chi connectivity index (χ2v) is 0.224. The largest absolute Gasteiger partial charge is 0.199 e. The molecular formula is C2H3NV. The molecule has 0 aromatic heterocycles. The van der Waals surface area contributed by atoms with E-state index in [1.807, 2.05) is 0 Å². The van der Waals surface area contributed by atoms with E-state index in [9.17, 15) is 0 Å². The molecule has 0 amide bonds. The number of nitriles is 1. The van der Waals surface area contributed by atoms with Crippen molar-refractivity contribution in [1.82, 2.24) is 0 Å². The molecule has 0 aliphatic rings. The summed E-state index contributed by atoms with van der Waals surface area (Å²) in [5.74, 6) is 0. The van der Waals surface area contributed by atoms with Gasteiger partial charge in [0.1, 0.15) is 0 Å². The van der Waals surface area contributed by atoms with Crippen LogP contribution in [-0.4, -0.2) is 0 Å². The molecule has 2 heteroatoms. The van der Waals surface area contributed by atoms with Gasteiger partial charge < -0.3 is 0 Å². The van der Waals surface area contributed by atoms with Crippen molar-refractivity contribution in [1.29, 1.82) is 5.26 Å². The maximum atomic E-state index is 7.32. The van der Waals surface area contributed by atoms with E-state index in [1.54, 1.807) is 6.07 Å². The quantitative estimate of drug-likeness (QED) is 0.427. The van der Waals surface area contributed by atoms with E-state index in [1.165, 1.54) is 6.92 Å². The summed E-state index contributed by atoms with van der Waals surface area (Å²) in [6, 6.07) is 1.75. The Kier molecular flexibility index (Phi) is 25.6. The van der Waals surface area contributed by atoms with Gasteiger partial charge in [0, 0.05) is 25.5 Å². The molecule has 1 radical (unpaired) electrons. The molecule has 0 saturated heterocycles. The maximum absolute atomic E-state index is 7.32. The van der Waals surface area contributed by atoms with Crippen molar-refractivity contribution in [3.05, 3.63) is 0 Å². The van der Waals surface area contributed by atoms with Gasteiger partial charge in [0.05, 0.1) is 6.07 Å². The molecular weight excluding hydrogens is 89.0 g/mol. The molecule has 1 nitrogen and oxygen atoms in total. The summed E-state index contributed by atoms with van der Waals surface area (Å²) in [6.45, 7) is 1.43. The minimum Gasteiger partial charge on any atom is -0.199 e. The third-order valence-corrected chi connectivity index (χ3v) is 0. The summed E-state index contributed by atoms with van der Waals surface area (Å²) in [5.41, 5.74) is 0. The Hall–Kier alpha value is 0.0744. The standard InChI is InChI=1S/C2H3N.V/c1-2-3;/h1H3;. The SMILES string of the molecule is CC#N.[V]. The van der Waals surface area contributed by atoms with Crippen LogP contribution in [0.3, 0.4) is 0 Å². The van der Waals surface area contributed by atoms with Crippen molar-refractivity contribution < 1.29 is 18.6 Å². The fourth-order valence-corrected chi connectivity index (χ4v) is 0.